The Kier molecular flexibility index (Phi) is 5.14. The average molecular weight is 294 g/mol. The van der Waals surface area contributed by atoms with E-state index in [2.05, 4.69) is 5.92 Å². The van der Waals surface area contributed by atoms with Crippen LogP contribution in [-0.4, -0.2) is 30.7 Å². The maximum atomic E-state index is 12.0. The normalized spacial score (nSPS) is 14.5. The molecule has 1 aliphatic rings. The van der Waals surface area contributed by atoms with Gasteiger partial charge in [-0.3, -0.25) is 0 Å². The molecule has 1 aromatic rings. The number of likely N-dealkylation sites (tertiary alicyclic amines) is 1. The molecule has 106 valence electrons. The van der Waals surface area contributed by atoms with E-state index in [1.807, 2.05) is 0 Å². The van der Waals surface area contributed by atoms with E-state index < -0.39 is 0 Å². The third-order valence-electron chi connectivity index (χ3n) is 3.03. The third kappa shape index (κ3) is 3.82. The van der Waals surface area contributed by atoms with Crippen molar-refractivity contribution in [2.45, 2.75) is 19.3 Å². The molecule has 1 aromatic carbocycles. The fraction of sp³-hybridized carbons (Fsp3) is 0.400. The van der Waals surface area contributed by atoms with Crippen LogP contribution in [0.1, 0.15) is 19.3 Å². The average Bonchev–Trinajstić information content (AvgIpc) is 2.48. The first kappa shape index (κ1) is 14.5. The Morgan fingerprint density at radius 3 is 2.80 bits per heavy atom. The highest BCUT2D eigenvalue weighted by Crippen LogP contribution is 2.29. The van der Waals surface area contributed by atoms with Crippen molar-refractivity contribution >= 4 is 17.7 Å². The molecule has 0 spiro atoms. The van der Waals surface area contributed by atoms with E-state index in [4.69, 9.17) is 27.5 Å². The molecule has 5 heteroatoms. The lowest BCUT2D eigenvalue weighted by Crippen LogP contribution is -2.37. The summed E-state index contributed by atoms with van der Waals surface area (Å²) >= 11 is 5.97. The lowest BCUT2D eigenvalue weighted by molar-refractivity contribution is 0.142. The number of piperidine rings is 1. The molecular weight excluding hydrogens is 278 g/mol. The third-order valence-corrected chi connectivity index (χ3v) is 3.35. The summed E-state index contributed by atoms with van der Waals surface area (Å²) in [7, 11) is 0. The van der Waals surface area contributed by atoms with Crippen LogP contribution in [0.2, 0.25) is 5.02 Å². The molecule has 2 rings (SSSR count). The predicted molar refractivity (Wildman–Crippen MR) is 77.2 cm³/mol. The second kappa shape index (κ2) is 7.06. The van der Waals surface area contributed by atoms with Crippen LogP contribution in [0.15, 0.2) is 18.2 Å². The molecule has 20 heavy (non-hydrogen) atoms. The number of terminal acetylenes is 1. The topological polar surface area (TPSA) is 38.8 Å². The van der Waals surface area contributed by atoms with Crippen LogP contribution >= 0.6 is 11.6 Å². The molecule has 0 radical (unpaired) electrons. The summed E-state index contributed by atoms with van der Waals surface area (Å²) in [6.07, 6.45) is 8.00. The summed E-state index contributed by atoms with van der Waals surface area (Å²) < 4.78 is 10.6. The van der Waals surface area contributed by atoms with Crippen molar-refractivity contribution in [3.63, 3.8) is 0 Å². The predicted octanol–water partition coefficient (Wildman–Crippen LogP) is 3.34. The number of benzene rings is 1. The fourth-order valence-corrected chi connectivity index (χ4v) is 2.19. The van der Waals surface area contributed by atoms with Crippen molar-refractivity contribution in [3.05, 3.63) is 23.2 Å². The van der Waals surface area contributed by atoms with Crippen LogP contribution in [-0.2, 0) is 0 Å². The summed E-state index contributed by atoms with van der Waals surface area (Å²) in [6.45, 7) is 1.60. The minimum absolute atomic E-state index is 0.114. The Labute approximate surface area is 123 Å². The lowest BCUT2D eigenvalue weighted by atomic mass is 10.1. The fourth-order valence-electron chi connectivity index (χ4n) is 2.02. The van der Waals surface area contributed by atoms with Crippen LogP contribution < -0.4 is 9.47 Å². The summed E-state index contributed by atoms with van der Waals surface area (Å²) in [5.41, 5.74) is 0. The maximum absolute atomic E-state index is 12.0. The number of hydrogen-bond acceptors (Lipinski definition) is 3. The van der Waals surface area contributed by atoms with Crippen molar-refractivity contribution in [3.8, 4) is 23.8 Å². The highest BCUT2D eigenvalue weighted by Gasteiger charge is 2.18. The van der Waals surface area contributed by atoms with E-state index in [0.29, 0.717) is 16.5 Å². The van der Waals surface area contributed by atoms with E-state index in [-0.39, 0.29) is 12.7 Å². The quantitative estimate of drug-likeness (QED) is 0.802. The number of hydrogen-bond donors (Lipinski definition) is 0. The Hall–Kier alpha value is -1.86. The molecule has 1 aliphatic heterocycles. The van der Waals surface area contributed by atoms with Gasteiger partial charge >= 0.3 is 6.09 Å². The van der Waals surface area contributed by atoms with Gasteiger partial charge in [-0.2, -0.15) is 0 Å². The van der Waals surface area contributed by atoms with E-state index >= 15 is 0 Å². The van der Waals surface area contributed by atoms with E-state index in [1.165, 1.54) is 0 Å². The summed E-state index contributed by atoms with van der Waals surface area (Å²) in [5.74, 6) is 3.17. The molecule has 1 fully saturated rings. The van der Waals surface area contributed by atoms with Gasteiger partial charge in [-0.25, -0.2) is 4.79 Å². The van der Waals surface area contributed by atoms with Crippen LogP contribution in [0.5, 0.6) is 11.5 Å². The Morgan fingerprint density at radius 1 is 1.35 bits per heavy atom. The first-order valence-electron chi connectivity index (χ1n) is 6.53. The molecule has 0 atom stereocenters. The maximum Gasteiger partial charge on any atom is 0.415 e. The monoisotopic (exact) mass is 293 g/mol. The molecule has 0 bridgehead atoms. The zero-order chi connectivity index (χ0) is 14.4. The summed E-state index contributed by atoms with van der Waals surface area (Å²) in [5, 5.41) is 0.429. The molecular formula is C15H16ClNO3. The molecule has 0 saturated carbocycles. The molecule has 0 aliphatic carbocycles. The Morgan fingerprint density at radius 2 is 2.10 bits per heavy atom. The number of carbonyl (C=O) groups is 1. The molecule has 0 N–H and O–H groups in total. The van der Waals surface area contributed by atoms with Crippen molar-refractivity contribution in [1.82, 2.24) is 4.90 Å². The molecule has 1 heterocycles. The number of halogens is 1. The summed E-state index contributed by atoms with van der Waals surface area (Å²) in [4.78, 5) is 13.7. The van der Waals surface area contributed by atoms with Crippen molar-refractivity contribution in [2.75, 3.05) is 19.7 Å². The second-order valence-corrected chi connectivity index (χ2v) is 4.91. The van der Waals surface area contributed by atoms with Gasteiger partial charge < -0.3 is 14.4 Å². The van der Waals surface area contributed by atoms with Gasteiger partial charge in [0.25, 0.3) is 0 Å². The minimum Gasteiger partial charge on any atom is -0.479 e. The van der Waals surface area contributed by atoms with Gasteiger partial charge in [-0.05, 0) is 31.4 Å². The van der Waals surface area contributed by atoms with Gasteiger partial charge in [0.2, 0.25) is 0 Å². The van der Waals surface area contributed by atoms with E-state index in [9.17, 15) is 4.79 Å². The molecule has 4 nitrogen and oxygen atoms in total. The van der Waals surface area contributed by atoms with Crippen molar-refractivity contribution in [2.24, 2.45) is 0 Å². The highest BCUT2D eigenvalue weighted by atomic mass is 35.5. The number of carbonyl (C=O) groups excluding carboxylic acids is 1. The second-order valence-electron chi connectivity index (χ2n) is 4.50. The van der Waals surface area contributed by atoms with Gasteiger partial charge in [0.15, 0.2) is 0 Å². The molecule has 1 amide bonds. The Balaban J connectivity index is 2.01. The van der Waals surface area contributed by atoms with Gasteiger partial charge in [0.1, 0.15) is 18.1 Å². The van der Waals surface area contributed by atoms with Gasteiger partial charge in [0.05, 0.1) is 5.02 Å². The van der Waals surface area contributed by atoms with Crippen molar-refractivity contribution in [1.29, 1.82) is 0 Å². The lowest BCUT2D eigenvalue weighted by Gasteiger charge is -2.25. The number of amides is 1. The molecule has 0 unspecified atom stereocenters. The van der Waals surface area contributed by atoms with Gasteiger partial charge in [-0.1, -0.05) is 17.5 Å². The standard InChI is InChI=1S/C15H16ClNO3/c1-2-10-19-14-11-12(6-7-13(14)16)20-15(18)17-8-4-3-5-9-17/h1,6-7,11H,3-5,8-10H2. The first-order chi connectivity index (χ1) is 9.70. The SMILES string of the molecule is C#CCOc1cc(OC(=O)N2CCCCC2)ccc1Cl. The Bertz CT molecular complexity index is 518. The smallest absolute Gasteiger partial charge is 0.415 e. The largest absolute Gasteiger partial charge is 0.479 e. The van der Waals surface area contributed by atoms with E-state index in [0.717, 1.165) is 32.4 Å². The van der Waals surface area contributed by atoms with Crippen LogP contribution in [0.3, 0.4) is 0 Å². The van der Waals surface area contributed by atoms with Gasteiger partial charge in [0, 0.05) is 19.2 Å². The zero-order valence-electron chi connectivity index (χ0n) is 11.1. The highest BCUT2D eigenvalue weighted by molar-refractivity contribution is 6.32. The molecule has 1 saturated heterocycles. The van der Waals surface area contributed by atoms with Crippen LogP contribution in [0, 0.1) is 12.3 Å². The summed E-state index contributed by atoms with van der Waals surface area (Å²) in [6, 6.07) is 4.82. The number of ether oxygens (including phenoxy) is 2. The van der Waals surface area contributed by atoms with Crippen LogP contribution in [0.25, 0.3) is 0 Å². The molecule has 0 aromatic heterocycles. The zero-order valence-corrected chi connectivity index (χ0v) is 11.9. The first-order valence-corrected chi connectivity index (χ1v) is 6.91. The van der Waals surface area contributed by atoms with Gasteiger partial charge in [-0.15, -0.1) is 6.42 Å². The minimum atomic E-state index is -0.338. The van der Waals surface area contributed by atoms with Crippen LogP contribution in [0.4, 0.5) is 4.79 Å². The number of rotatable bonds is 3. The number of nitrogens with zero attached hydrogens (tertiary/aromatic N) is 1. The van der Waals surface area contributed by atoms with Crippen molar-refractivity contribution < 1.29 is 14.3 Å². The van der Waals surface area contributed by atoms with E-state index in [1.54, 1.807) is 23.1 Å².